The predicted octanol–water partition coefficient (Wildman–Crippen LogP) is 5.91. The maximum Gasteiger partial charge on any atom is 0.00884 e. The Morgan fingerprint density at radius 1 is 1.32 bits per heavy atom. The van der Waals surface area contributed by atoms with Crippen LogP contribution in [0.4, 0.5) is 0 Å². The molecule has 0 saturated heterocycles. The second-order valence-electron chi connectivity index (χ2n) is 4.81. The van der Waals surface area contributed by atoms with Crippen molar-refractivity contribution >= 4 is 12.6 Å². The van der Waals surface area contributed by atoms with Crippen molar-refractivity contribution in [2.45, 2.75) is 40.5 Å². The van der Waals surface area contributed by atoms with Gasteiger partial charge in [-0.15, -0.1) is 0 Å². The van der Waals surface area contributed by atoms with Crippen LogP contribution in [0, 0.1) is 5.92 Å². The van der Waals surface area contributed by atoms with Gasteiger partial charge < -0.3 is 0 Å². The van der Waals surface area contributed by atoms with Crippen molar-refractivity contribution in [2.24, 2.45) is 5.92 Å². The maximum absolute atomic E-state index is 4.31. The molecule has 0 heterocycles. The first-order valence-corrected chi connectivity index (χ1v) is 7.71. The molecule has 0 unspecified atom stereocenters. The molecule has 0 radical (unpaired) electrons. The Kier molecular flexibility index (Phi) is 10.4. The van der Waals surface area contributed by atoms with Gasteiger partial charge in [0.2, 0.25) is 0 Å². The zero-order valence-electron chi connectivity index (χ0n) is 12.8. The molecule has 0 saturated carbocycles. The minimum atomic E-state index is 0.520. The molecule has 19 heavy (non-hydrogen) atoms. The van der Waals surface area contributed by atoms with Crippen molar-refractivity contribution in [2.75, 3.05) is 5.75 Å². The molecule has 0 spiro atoms. The Labute approximate surface area is 125 Å². The summed E-state index contributed by atoms with van der Waals surface area (Å²) < 4.78 is 0. The fourth-order valence-electron chi connectivity index (χ4n) is 1.84. The van der Waals surface area contributed by atoms with Crippen molar-refractivity contribution in [1.82, 2.24) is 0 Å². The highest BCUT2D eigenvalue weighted by molar-refractivity contribution is 7.80. The van der Waals surface area contributed by atoms with Crippen LogP contribution in [0.15, 0.2) is 59.8 Å². The first-order chi connectivity index (χ1) is 9.10. The van der Waals surface area contributed by atoms with Gasteiger partial charge in [-0.2, -0.15) is 12.6 Å². The largest absolute Gasteiger partial charge is 0.175 e. The average molecular weight is 276 g/mol. The van der Waals surface area contributed by atoms with Crippen LogP contribution in [0.25, 0.3) is 0 Å². The molecule has 0 rings (SSSR count). The number of allylic oxidation sites excluding steroid dienone is 8. The van der Waals surface area contributed by atoms with Crippen molar-refractivity contribution in [3.63, 3.8) is 0 Å². The van der Waals surface area contributed by atoms with Crippen LogP contribution in [0.5, 0.6) is 0 Å². The van der Waals surface area contributed by atoms with Gasteiger partial charge in [0.25, 0.3) is 0 Å². The number of thiol groups is 1. The molecule has 0 fully saturated rings. The molecule has 0 aromatic rings. The molecule has 0 nitrogen and oxygen atoms in total. The molecule has 0 aromatic carbocycles. The molecule has 0 N–H and O–H groups in total. The summed E-state index contributed by atoms with van der Waals surface area (Å²) in [6.07, 6.45) is 14.9. The summed E-state index contributed by atoms with van der Waals surface area (Å²) in [5, 5.41) is 0. The lowest BCUT2D eigenvalue weighted by atomic mass is 9.94. The third-order valence-electron chi connectivity index (χ3n) is 2.91. The highest BCUT2D eigenvalue weighted by Gasteiger charge is 2.05. The van der Waals surface area contributed by atoms with E-state index in [1.54, 1.807) is 0 Å². The standard InChI is InChI=1S/C18H28S/c1-6-9-11-16(8-3)18(10-7-2)14-17(12-13-19)15(4)5/h6,8-9,11-12,14-15,19H,3,7,10,13H2,1-2,4-5H3/b9-6-,16-11+,17-12+,18-14+. The summed E-state index contributed by atoms with van der Waals surface area (Å²) in [5.41, 5.74) is 3.93. The van der Waals surface area contributed by atoms with E-state index in [1.807, 2.05) is 19.1 Å². The summed E-state index contributed by atoms with van der Waals surface area (Å²) in [7, 11) is 0. The smallest absolute Gasteiger partial charge is 0.00884 e. The maximum atomic E-state index is 4.31. The topological polar surface area (TPSA) is 0 Å². The third-order valence-corrected chi connectivity index (χ3v) is 3.10. The van der Waals surface area contributed by atoms with Gasteiger partial charge in [0.15, 0.2) is 0 Å². The lowest BCUT2D eigenvalue weighted by Gasteiger charge is -2.12. The Morgan fingerprint density at radius 2 is 2.00 bits per heavy atom. The molecular formula is C18H28S. The SMILES string of the molecule is C=CC(=C\C=C/C)/C(=C/C(=C\CS)C(C)C)CCC. The minimum absolute atomic E-state index is 0.520. The fraction of sp³-hybridized carbons (Fsp3) is 0.444. The van der Waals surface area contributed by atoms with Crippen LogP contribution in [0.2, 0.25) is 0 Å². The number of hydrogen-bond acceptors (Lipinski definition) is 1. The van der Waals surface area contributed by atoms with Crippen LogP contribution >= 0.6 is 12.6 Å². The normalized spacial score (nSPS) is 14.5. The van der Waals surface area contributed by atoms with Crippen molar-refractivity contribution in [3.05, 3.63) is 59.8 Å². The average Bonchev–Trinajstić information content (AvgIpc) is 2.38. The van der Waals surface area contributed by atoms with Gasteiger partial charge in [-0.25, -0.2) is 0 Å². The summed E-state index contributed by atoms with van der Waals surface area (Å²) in [5.74, 6) is 1.30. The summed E-state index contributed by atoms with van der Waals surface area (Å²) in [6, 6.07) is 0. The lowest BCUT2D eigenvalue weighted by Crippen LogP contribution is -1.95. The van der Waals surface area contributed by atoms with Gasteiger partial charge in [0, 0.05) is 5.75 Å². The second-order valence-corrected chi connectivity index (χ2v) is 5.18. The quantitative estimate of drug-likeness (QED) is 0.413. The van der Waals surface area contributed by atoms with Crippen LogP contribution < -0.4 is 0 Å². The molecule has 106 valence electrons. The van der Waals surface area contributed by atoms with E-state index in [4.69, 9.17) is 0 Å². The zero-order valence-corrected chi connectivity index (χ0v) is 13.7. The van der Waals surface area contributed by atoms with Gasteiger partial charge >= 0.3 is 0 Å². The molecule has 0 amide bonds. The summed E-state index contributed by atoms with van der Waals surface area (Å²) in [6.45, 7) is 12.6. The fourth-order valence-corrected chi connectivity index (χ4v) is 2.05. The van der Waals surface area contributed by atoms with E-state index in [9.17, 15) is 0 Å². The van der Waals surface area contributed by atoms with Crippen molar-refractivity contribution in [3.8, 4) is 0 Å². The Morgan fingerprint density at radius 3 is 2.42 bits per heavy atom. The van der Waals surface area contributed by atoms with Crippen molar-refractivity contribution in [1.29, 1.82) is 0 Å². The van der Waals surface area contributed by atoms with E-state index in [1.165, 1.54) is 16.7 Å². The minimum Gasteiger partial charge on any atom is -0.175 e. The third kappa shape index (κ3) is 7.27. The predicted molar refractivity (Wildman–Crippen MR) is 92.9 cm³/mol. The molecular weight excluding hydrogens is 248 g/mol. The zero-order chi connectivity index (χ0) is 14.7. The van der Waals surface area contributed by atoms with E-state index in [0.717, 1.165) is 18.6 Å². The monoisotopic (exact) mass is 276 g/mol. The summed E-state index contributed by atoms with van der Waals surface area (Å²) in [4.78, 5) is 0. The van der Waals surface area contributed by atoms with Crippen LogP contribution in [-0.4, -0.2) is 5.75 Å². The van der Waals surface area contributed by atoms with E-state index in [2.05, 4.69) is 64.3 Å². The van der Waals surface area contributed by atoms with Crippen LogP contribution in [-0.2, 0) is 0 Å². The van der Waals surface area contributed by atoms with Gasteiger partial charge in [-0.05, 0) is 36.0 Å². The van der Waals surface area contributed by atoms with Crippen LogP contribution in [0.3, 0.4) is 0 Å². The van der Waals surface area contributed by atoms with E-state index < -0.39 is 0 Å². The number of rotatable bonds is 8. The molecule has 0 aromatic heterocycles. The second kappa shape index (κ2) is 10.9. The van der Waals surface area contributed by atoms with Gasteiger partial charge in [0.1, 0.15) is 0 Å². The molecule has 0 atom stereocenters. The van der Waals surface area contributed by atoms with Crippen LogP contribution in [0.1, 0.15) is 40.5 Å². The molecule has 0 aliphatic carbocycles. The Hall–Kier alpha value is -0.950. The molecule has 0 bridgehead atoms. The Balaban J connectivity index is 5.49. The van der Waals surface area contributed by atoms with Gasteiger partial charge in [-0.1, -0.05) is 70.2 Å². The molecule has 0 aliphatic rings. The van der Waals surface area contributed by atoms with E-state index in [-0.39, 0.29) is 0 Å². The first kappa shape index (κ1) is 18.0. The van der Waals surface area contributed by atoms with E-state index >= 15 is 0 Å². The lowest BCUT2D eigenvalue weighted by molar-refractivity contribution is 0.785. The molecule has 0 aliphatic heterocycles. The van der Waals surface area contributed by atoms with E-state index in [0.29, 0.717) is 5.92 Å². The van der Waals surface area contributed by atoms with Crippen molar-refractivity contribution < 1.29 is 0 Å². The van der Waals surface area contributed by atoms with Gasteiger partial charge in [-0.3, -0.25) is 0 Å². The first-order valence-electron chi connectivity index (χ1n) is 7.07. The Bertz CT molecular complexity index is 378. The molecule has 1 heteroatoms. The highest BCUT2D eigenvalue weighted by atomic mass is 32.1. The number of hydrogen-bond donors (Lipinski definition) is 1. The highest BCUT2D eigenvalue weighted by Crippen LogP contribution is 2.22. The van der Waals surface area contributed by atoms with Gasteiger partial charge in [0.05, 0.1) is 0 Å². The summed E-state index contributed by atoms with van der Waals surface area (Å²) >= 11 is 4.31.